The number of anilines is 2. The fraction of sp³-hybridized carbons (Fsp3) is 0. The zero-order valence-electron chi connectivity index (χ0n) is 34.2. The van der Waals surface area contributed by atoms with Gasteiger partial charge in [-0.1, -0.05) is 231 Å². The molecule has 0 aromatic heterocycles. The molecule has 10 aromatic carbocycles. The zero-order valence-corrected chi connectivity index (χ0v) is 34.2. The molecule has 0 spiro atoms. The molecule has 62 heavy (non-hydrogen) atoms. The van der Waals surface area contributed by atoms with Gasteiger partial charge in [0.1, 0.15) is 0 Å². The third-order valence-electron chi connectivity index (χ3n) is 11.9. The van der Waals surface area contributed by atoms with E-state index >= 15 is 0 Å². The Bertz CT molecular complexity index is 2960. The Morgan fingerprint density at radius 1 is 0.177 bits per heavy atom. The molecule has 2 nitrogen and oxygen atoms in total. The molecule has 0 bridgehead atoms. The molecule has 0 radical (unpaired) electrons. The summed E-state index contributed by atoms with van der Waals surface area (Å²) in [5, 5.41) is 0. The molecule has 4 N–H and O–H groups in total. The summed E-state index contributed by atoms with van der Waals surface area (Å²) in [6, 6.07) is 86.0. The van der Waals surface area contributed by atoms with Gasteiger partial charge in [0.15, 0.2) is 0 Å². The lowest BCUT2D eigenvalue weighted by atomic mass is 9.74. The minimum Gasteiger partial charge on any atom is -0.399 e. The number of hydrogen-bond donors (Lipinski definition) is 2. The molecule has 294 valence electrons. The van der Waals surface area contributed by atoms with E-state index in [0.717, 1.165) is 100 Å². The van der Waals surface area contributed by atoms with Crippen molar-refractivity contribution < 1.29 is 0 Å². The van der Waals surface area contributed by atoms with E-state index in [1.54, 1.807) is 0 Å². The number of rotatable bonds is 9. The van der Waals surface area contributed by atoms with Crippen LogP contribution in [-0.4, -0.2) is 0 Å². The summed E-state index contributed by atoms with van der Waals surface area (Å²) in [7, 11) is 0. The van der Waals surface area contributed by atoms with E-state index in [0.29, 0.717) is 11.4 Å². The van der Waals surface area contributed by atoms with Crippen molar-refractivity contribution in [3.8, 4) is 100 Å². The molecule has 0 heterocycles. The molecule has 0 aliphatic rings. The van der Waals surface area contributed by atoms with Crippen molar-refractivity contribution >= 4 is 11.4 Å². The van der Waals surface area contributed by atoms with Crippen molar-refractivity contribution in [2.75, 3.05) is 11.5 Å². The first-order valence-corrected chi connectivity index (χ1v) is 21.1. The van der Waals surface area contributed by atoms with Gasteiger partial charge < -0.3 is 11.5 Å². The first-order chi connectivity index (χ1) is 30.7. The van der Waals surface area contributed by atoms with Crippen molar-refractivity contribution in [1.29, 1.82) is 0 Å². The van der Waals surface area contributed by atoms with Crippen LogP contribution in [0.4, 0.5) is 11.4 Å². The van der Waals surface area contributed by atoms with E-state index in [-0.39, 0.29) is 0 Å². The molecule has 0 amide bonds. The molecule has 2 heteroatoms. The fourth-order valence-corrected chi connectivity index (χ4v) is 9.09. The number of benzene rings is 10. The van der Waals surface area contributed by atoms with E-state index in [1.165, 1.54) is 0 Å². The lowest BCUT2D eigenvalue weighted by molar-refractivity contribution is 1.51. The second kappa shape index (κ2) is 16.8. The highest BCUT2D eigenvalue weighted by atomic mass is 14.6. The maximum atomic E-state index is 8.15. The minimum absolute atomic E-state index is 0.700. The zero-order chi connectivity index (χ0) is 41.8. The first kappa shape index (κ1) is 38.0. The first-order valence-electron chi connectivity index (χ1n) is 21.1. The predicted octanol–water partition coefficient (Wildman–Crippen LogP) is 15.9. The Morgan fingerprint density at radius 2 is 0.419 bits per heavy atom. The molecule has 10 rings (SSSR count). The molecule has 0 aliphatic carbocycles. The Balaban J connectivity index is 1.49. The van der Waals surface area contributed by atoms with E-state index in [2.05, 4.69) is 231 Å². The van der Waals surface area contributed by atoms with Crippen molar-refractivity contribution in [2.45, 2.75) is 0 Å². The SMILES string of the molecule is Nc1ccc(-c2c(-c3ccccc3-c3ccccc3)c(-c3ccccc3-c3ccccc3)c(N)c(-c3ccccc3-c3ccccc3)c2-c2ccccc2-c2ccccc2)cc1. The van der Waals surface area contributed by atoms with Crippen LogP contribution in [0.3, 0.4) is 0 Å². The Kier molecular flexibility index (Phi) is 10.3. The van der Waals surface area contributed by atoms with Crippen LogP contribution in [-0.2, 0) is 0 Å². The molecule has 0 aliphatic heterocycles. The second-order valence-electron chi connectivity index (χ2n) is 15.6. The third kappa shape index (κ3) is 7.04. The number of nitrogen functional groups attached to an aromatic ring is 2. The quantitative estimate of drug-likeness (QED) is 0.143. The van der Waals surface area contributed by atoms with Crippen molar-refractivity contribution in [2.24, 2.45) is 0 Å². The maximum absolute atomic E-state index is 8.15. The highest BCUT2D eigenvalue weighted by molar-refractivity contribution is 6.18. The summed E-state index contributed by atoms with van der Waals surface area (Å²) in [6.45, 7) is 0. The topological polar surface area (TPSA) is 52.0 Å². The van der Waals surface area contributed by atoms with Gasteiger partial charge in [-0.3, -0.25) is 0 Å². The van der Waals surface area contributed by atoms with Crippen LogP contribution in [0.2, 0.25) is 0 Å². The van der Waals surface area contributed by atoms with Crippen LogP contribution in [0, 0.1) is 0 Å². The average molecular weight is 793 g/mol. The molecule has 0 saturated heterocycles. The van der Waals surface area contributed by atoms with Gasteiger partial charge in [0.2, 0.25) is 0 Å². The molecule has 0 unspecified atom stereocenters. The molecule has 0 fully saturated rings. The van der Waals surface area contributed by atoms with Gasteiger partial charge in [0.05, 0.1) is 0 Å². The Hall–Kier alpha value is -8.20. The van der Waals surface area contributed by atoms with Crippen molar-refractivity contribution in [1.82, 2.24) is 0 Å². The van der Waals surface area contributed by atoms with E-state index in [1.807, 2.05) is 12.1 Å². The van der Waals surface area contributed by atoms with Crippen LogP contribution in [0.5, 0.6) is 0 Å². The lowest BCUT2D eigenvalue weighted by Crippen LogP contribution is -2.06. The Labute approximate surface area is 364 Å². The summed E-state index contributed by atoms with van der Waals surface area (Å²) >= 11 is 0. The monoisotopic (exact) mass is 792 g/mol. The molecular weight excluding hydrogens is 749 g/mol. The van der Waals surface area contributed by atoms with Crippen molar-refractivity contribution in [3.63, 3.8) is 0 Å². The number of nitrogens with two attached hydrogens (primary N) is 2. The van der Waals surface area contributed by atoms with Gasteiger partial charge in [-0.25, -0.2) is 0 Å². The standard InChI is InChI=1S/C60H44N2/c61-46-39-37-45(38-40-46)55-56(51-33-17-13-29-47(51)41-21-5-1-6-22-41)58(53-35-19-15-31-49(53)43-25-9-3-10-26-43)60(62)59(54-36-20-16-32-50(54)44-27-11-4-12-28-44)57(55)52-34-18-14-30-48(52)42-23-7-2-8-24-42/h1-40H,61-62H2. The molecule has 0 saturated carbocycles. The van der Waals surface area contributed by atoms with Gasteiger partial charge in [-0.2, -0.15) is 0 Å². The lowest BCUT2D eigenvalue weighted by Gasteiger charge is -2.30. The van der Waals surface area contributed by atoms with Crippen LogP contribution < -0.4 is 11.5 Å². The molecular formula is C60H44N2. The molecule has 10 aromatic rings. The summed E-state index contributed by atoms with van der Waals surface area (Å²) in [5.41, 5.74) is 35.4. The molecule has 0 atom stereocenters. The predicted molar refractivity (Wildman–Crippen MR) is 264 cm³/mol. The normalized spacial score (nSPS) is 11.0. The maximum Gasteiger partial charge on any atom is 0.0486 e. The fourth-order valence-electron chi connectivity index (χ4n) is 9.09. The second-order valence-corrected chi connectivity index (χ2v) is 15.6. The van der Waals surface area contributed by atoms with Gasteiger partial charge in [0.25, 0.3) is 0 Å². The van der Waals surface area contributed by atoms with Gasteiger partial charge in [-0.15, -0.1) is 0 Å². The van der Waals surface area contributed by atoms with Crippen LogP contribution in [0.25, 0.3) is 100 Å². The van der Waals surface area contributed by atoms with Gasteiger partial charge in [-0.05, 0) is 90.0 Å². The van der Waals surface area contributed by atoms with Gasteiger partial charge in [0, 0.05) is 33.6 Å². The van der Waals surface area contributed by atoms with E-state index in [9.17, 15) is 0 Å². The average Bonchev–Trinajstić information content (AvgIpc) is 3.35. The largest absolute Gasteiger partial charge is 0.399 e. The van der Waals surface area contributed by atoms with Crippen LogP contribution >= 0.6 is 0 Å². The van der Waals surface area contributed by atoms with E-state index < -0.39 is 0 Å². The number of hydrogen-bond acceptors (Lipinski definition) is 2. The highest BCUT2D eigenvalue weighted by Gasteiger charge is 2.31. The summed E-state index contributed by atoms with van der Waals surface area (Å²) < 4.78 is 0. The Morgan fingerprint density at radius 3 is 0.710 bits per heavy atom. The van der Waals surface area contributed by atoms with E-state index in [4.69, 9.17) is 11.5 Å². The van der Waals surface area contributed by atoms with Crippen molar-refractivity contribution in [3.05, 3.63) is 243 Å². The summed E-state index contributed by atoms with van der Waals surface area (Å²) in [5.74, 6) is 0. The summed E-state index contributed by atoms with van der Waals surface area (Å²) in [6.07, 6.45) is 0. The minimum atomic E-state index is 0.700. The van der Waals surface area contributed by atoms with Crippen LogP contribution in [0.1, 0.15) is 0 Å². The van der Waals surface area contributed by atoms with Gasteiger partial charge >= 0.3 is 0 Å². The van der Waals surface area contributed by atoms with Crippen LogP contribution in [0.15, 0.2) is 243 Å². The highest BCUT2D eigenvalue weighted by Crippen LogP contribution is 2.58. The summed E-state index contributed by atoms with van der Waals surface area (Å²) in [4.78, 5) is 0. The smallest absolute Gasteiger partial charge is 0.0486 e. The third-order valence-corrected chi connectivity index (χ3v) is 11.9.